The average Bonchev–Trinajstić information content (AvgIpc) is 2.75. The van der Waals surface area contributed by atoms with Gasteiger partial charge in [0.1, 0.15) is 0 Å². The standard InChI is InChI=1S/C23H25N3O3S/c1-17-9-7-10-18(2)23(17)25-22(27)16-24-19-11-8-14-21(15-19)30(28,29)26(3)20-12-5-4-6-13-20/h4-15,24H,16H2,1-3H3,(H,25,27). The molecule has 0 spiro atoms. The zero-order valence-corrected chi connectivity index (χ0v) is 18.0. The molecule has 0 aliphatic rings. The maximum Gasteiger partial charge on any atom is 0.264 e. The lowest BCUT2D eigenvalue weighted by atomic mass is 10.1. The first-order chi connectivity index (χ1) is 14.3. The molecule has 0 radical (unpaired) electrons. The Kier molecular flexibility index (Phi) is 6.42. The molecule has 0 bridgehead atoms. The molecule has 0 unspecified atom stereocenters. The summed E-state index contributed by atoms with van der Waals surface area (Å²) in [7, 11) is -2.20. The van der Waals surface area contributed by atoms with Crippen LogP contribution in [-0.4, -0.2) is 27.9 Å². The van der Waals surface area contributed by atoms with E-state index in [2.05, 4.69) is 10.6 Å². The third kappa shape index (κ3) is 4.80. The molecule has 0 aliphatic carbocycles. The van der Waals surface area contributed by atoms with Crippen molar-refractivity contribution in [3.63, 3.8) is 0 Å². The summed E-state index contributed by atoms with van der Waals surface area (Å²) in [4.78, 5) is 12.5. The summed E-state index contributed by atoms with van der Waals surface area (Å²) in [6.45, 7) is 3.90. The van der Waals surface area contributed by atoms with Crippen LogP contribution in [0.3, 0.4) is 0 Å². The number of aryl methyl sites for hydroxylation is 2. The van der Waals surface area contributed by atoms with Crippen molar-refractivity contribution in [2.45, 2.75) is 18.7 Å². The van der Waals surface area contributed by atoms with Crippen molar-refractivity contribution in [3.8, 4) is 0 Å². The molecule has 0 heterocycles. The molecule has 156 valence electrons. The molecule has 3 rings (SSSR count). The predicted molar refractivity (Wildman–Crippen MR) is 122 cm³/mol. The van der Waals surface area contributed by atoms with Crippen LogP contribution in [0.2, 0.25) is 0 Å². The largest absolute Gasteiger partial charge is 0.376 e. The molecule has 1 amide bonds. The number of hydrogen-bond acceptors (Lipinski definition) is 4. The second kappa shape index (κ2) is 9.00. The lowest BCUT2D eigenvalue weighted by molar-refractivity contribution is -0.114. The lowest BCUT2D eigenvalue weighted by Gasteiger charge is -2.20. The zero-order chi connectivity index (χ0) is 21.7. The number of benzene rings is 3. The second-order valence-corrected chi connectivity index (χ2v) is 8.97. The van der Waals surface area contributed by atoms with Gasteiger partial charge in [0.25, 0.3) is 10.0 Å². The van der Waals surface area contributed by atoms with Crippen LogP contribution in [-0.2, 0) is 14.8 Å². The molecule has 2 N–H and O–H groups in total. The molecule has 0 fully saturated rings. The van der Waals surface area contributed by atoms with E-state index in [1.54, 1.807) is 36.4 Å². The van der Waals surface area contributed by atoms with Gasteiger partial charge in [-0.25, -0.2) is 8.42 Å². The van der Waals surface area contributed by atoms with Crippen LogP contribution in [0.5, 0.6) is 0 Å². The Morgan fingerprint density at radius 1 is 0.900 bits per heavy atom. The molecule has 7 heteroatoms. The van der Waals surface area contributed by atoms with Crippen molar-refractivity contribution in [1.82, 2.24) is 0 Å². The summed E-state index contributed by atoms with van der Waals surface area (Å²) in [5.41, 5.74) is 3.89. The van der Waals surface area contributed by atoms with Gasteiger partial charge in [-0.1, -0.05) is 42.5 Å². The smallest absolute Gasteiger partial charge is 0.264 e. The van der Waals surface area contributed by atoms with Crippen LogP contribution >= 0.6 is 0 Å². The Morgan fingerprint density at radius 2 is 1.53 bits per heavy atom. The SMILES string of the molecule is Cc1cccc(C)c1NC(=O)CNc1cccc(S(=O)(=O)N(C)c2ccccc2)c1. The van der Waals surface area contributed by atoms with Crippen LogP contribution in [0.4, 0.5) is 17.1 Å². The third-order valence-corrected chi connectivity index (χ3v) is 6.59. The normalized spacial score (nSPS) is 11.0. The Labute approximate surface area is 177 Å². The van der Waals surface area contributed by atoms with Crippen LogP contribution in [0.1, 0.15) is 11.1 Å². The average molecular weight is 424 g/mol. The molecule has 3 aromatic carbocycles. The first kappa shape index (κ1) is 21.4. The van der Waals surface area contributed by atoms with Crippen LogP contribution < -0.4 is 14.9 Å². The minimum atomic E-state index is -3.72. The quantitative estimate of drug-likeness (QED) is 0.598. The fraction of sp³-hybridized carbons (Fsp3) is 0.174. The Morgan fingerprint density at radius 3 is 2.20 bits per heavy atom. The van der Waals surface area contributed by atoms with Crippen molar-refractivity contribution in [2.75, 3.05) is 28.5 Å². The minimum absolute atomic E-state index is 0.0196. The Hall–Kier alpha value is -3.32. The molecular formula is C23H25N3O3S. The number of anilines is 3. The number of carbonyl (C=O) groups excluding carboxylic acids is 1. The fourth-order valence-electron chi connectivity index (χ4n) is 3.08. The predicted octanol–water partition coefficient (Wildman–Crippen LogP) is 4.18. The highest BCUT2D eigenvalue weighted by Crippen LogP contribution is 2.24. The number of amides is 1. The maximum atomic E-state index is 13.0. The van der Waals surface area contributed by atoms with Gasteiger partial charge in [0.15, 0.2) is 0 Å². The van der Waals surface area contributed by atoms with E-state index in [1.807, 2.05) is 38.1 Å². The van der Waals surface area contributed by atoms with Crippen LogP contribution in [0.25, 0.3) is 0 Å². The summed E-state index contributed by atoms with van der Waals surface area (Å²) in [6.07, 6.45) is 0. The highest BCUT2D eigenvalue weighted by atomic mass is 32.2. The number of nitrogens with zero attached hydrogens (tertiary/aromatic N) is 1. The van der Waals surface area contributed by atoms with Gasteiger partial charge >= 0.3 is 0 Å². The van der Waals surface area contributed by atoms with Gasteiger partial charge in [-0.2, -0.15) is 0 Å². The number of sulfonamides is 1. The number of hydrogen-bond donors (Lipinski definition) is 2. The summed E-state index contributed by atoms with van der Waals surface area (Å²) in [5.74, 6) is -0.206. The first-order valence-corrected chi connectivity index (χ1v) is 11.0. The summed E-state index contributed by atoms with van der Waals surface area (Å²) in [5, 5.41) is 5.91. The fourth-order valence-corrected chi connectivity index (χ4v) is 4.32. The van der Waals surface area contributed by atoms with E-state index >= 15 is 0 Å². The maximum absolute atomic E-state index is 13.0. The van der Waals surface area contributed by atoms with Crippen LogP contribution in [0.15, 0.2) is 77.7 Å². The highest BCUT2D eigenvalue weighted by Gasteiger charge is 2.21. The van der Waals surface area contributed by atoms with Crippen molar-refractivity contribution >= 4 is 33.0 Å². The monoisotopic (exact) mass is 423 g/mol. The third-order valence-electron chi connectivity index (χ3n) is 4.81. The van der Waals surface area contributed by atoms with Crippen LogP contribution in [0, 0.1) is 13.8 Å². The summed E-state index contributed by atoms with van der Waals surface area (Å²) < 4.78 is 27.2. The van der Waals surface area contributed by atoms with Crippen molar-refractivity contribution in [3.05, 3.63) is 83.9 Å². The van der Waals surface area contributed by atoms with Gasteiger partial charge in [0.05, 0.1) is 17.1 Å². The van der Waals surface area contributed by atoms with Gasteiger partial charge in [0.2, 0.25) is 5.91 Å². The van der Waals surface area contributed by atoms with E-state index < -0.39 is 10.0 Å². The number of para-hydroxylation sites is 2. The number of nitrogens with one attached hydrogen (secondary N) is 2. The molecule has 30 heavy (non-hydrogen) atoms. The molecule has 0 saturated carbocycles. The lowest BCUT2D eigenvalue weighted by Crippen LogP contribution is -2.26. The van der Waals surface area contributed by atoms with Gasteiger partial charge < -0.3 is 10.6 Å². The zero-order valence-electron chi connectivity index (χ0n) is 17.2. The van der Waals surface area contributed by atoms with Gasteiger partial charge in [-0.3, -0.25) is 9.10 Å². The highest BCUT2D eigenvalue weighted by molar-refractivity contribution is 7.92. The molecule has 0 aliphatic heterocycles. The van der Waals surface area contributed by atoms with E-state index in [9.17, 15) is 13.2 Å². The molecule has 0 saturated heterocycles. The van der Waals surface area contributed by atoms with Gasteiger partial charge in [-0.05, 0) is 55.3 Å². The van der Waals surface area contributed by atoms with Gasteiger partial charge in [0, 0.05) is 18.4 Å². The van der Waals surface area contributed by atoms with Crippen molar-refractivity contribution < 1.29 is 13.2 Å². The van der Waals surface area contributed by atoms with E-state index in [-0.39, 0.29) is 17.3 Å². The molecule has 3 aromatic rings. The van der Waals surface area contributed by atoms with E-state index in [4.69, 9.17) is 0 Å². The van der Waals surface area contributed by atoms with E-state index in [0.29, 0.717) is 11.4 Å². The topological polar surface area (TPSA) is 78.5 Å². The molecular weight excluding hydrogens is 398 g/mol. The Balaban J connectivity index is 1.70. The first-order valence-electron chi connectivity index (χ1n) is 9.53. The summed E-state index contributed by atoms with van der Waals surface area (Å²) >= 11 is 0. The minimum Gasteiger partial charge on any atom is -0.376 e. The Bertz CT molecular complexity index is 1130. The molecule has 0 atom stereocenters. The molecule has 0 aromatic heterocycles. The van der Waals surface area contributed by atoms with E-state index in [1.165, 1.54) is 23.5 Å². The van der Waals surface area contributed by atoms with Crippen molar-refractivity contribution in [2.24, 2.45) is 0 Å². The van der Waals surface area contributed by atoms with E-state index in [0.717, 1.165) is 16.8 Å². The van der Waals surface area contributed by atoms with Crippen molar-refractivity contribution in [1.29, 1.82) is 0 Å². The van der Waals surface area contributed by atoms with Gasteiger partial charge in [-0.15, -0.1) is 0 Å². The summed E-state index contributed by atoms with van der Waals surface area (Å²) in [6, 6.07) is 21.1. The second-order valence-electron chi connectivity index (χ2n) is 7.00. The molecule has 6 nitrogen and oxygen atoms in total. The number of rotatable bonds is 7. The number of carbonyl (C=O) groups is 1.